The molecule has 0 aromatic heterocycles. The molecule has 2 heterocycles. The van der Waals surface area contributed by atoms with E-state index in [1.54, 1.807) is 0 Å². The fourth-order valence-corrected chi connectivity index (χ4v) is 3.34. The number of fused-ring (bicyclic) bond motifs is 2. The van der Waals surface area contributed by atoms with Gasteiger partial charge >= 0.3 is 0 Å². The molecule has 2 fully saturated rings. The maximum atomic E-state index is 3.74. The standard InChI is InChI=1S/C15H28N2/c1-4-8-17(9-7-12(2)3)15-10-13-5-6-14(11-15)16-13/h7,13-16H,4-6,8-11H2,1-3H3. The summed E-state index contributed by atoms with van der Waals surface area (Å²) in [5, 5.41) is 3.74. The monoisotopic (exact) mass is 236 g/mol. The van der Waals surface area contributed by atoms with Crippen molar-refractivity contribution in [3.05, 3.63) is 11.6 Å². The molecule has 2 nitrogen and oxygen atoms in total. The van der Waals surface area contributed by atoms with E-state index < -0.39 is 0 Å². The van der Waals surface area contributed by atoms with Crippen LogP contribution in [0.3, 0.4) is 0 Å². The summed E-state index contributed by atoms with van der Waals surface area (Å²) in [6.45, 7) is 9.12. The normalized spacial score (nSPS) is 31.9. The van der Waals surface area contributed by atoms with Crippen LogP contribution in [0.2, 0.25) is 0 Å². The number of nitrogens with zero attached hydrogens (tertiary/aromatic N) is 1. The predicted molar refractivity (Wildman–Crippen MR) is 74.3 cm³/mol. The summed E-state index contributed by atoms with van der Waals surface area (Å²) >= 11 is 0. The molecule has 2 unspecified atom stereocenters. The highest BCUT2D eigenvalue weighted by Crippen LogP contribution is 2.29. The molecule has 2 bridgehead atoms. The lowest BCUT2D eigenvalue weighted by Crippen LogP contribution is -2.48. The molecule has 2 aliphatic heterocycles. The van der Waals surface area contributed by atoms with Crippen LogP contribution < -0.4 is 5.32 Å². The first-order valence-corrected chi connectivity index (χ1v) is 7.32. The predicted octanol–water partition coefficient (Wildman–Crippen LogP) is 2.95. The Hall–Kier alpha value is -0.340. The Morgan fingerprint density at radius 3 is 2.41 bits per heavy atom. The molecular weight excluding hydrogens is 208 g/mol. The maximum Gasteiger partial charge on any atom is 0.0168 e. The van der Waals surface area contributed by atoms with E-state index in [9.17, 15) is 0 Å². The smallest absolute Gasteiger partial charge is 0.0168 e. The van der Waals surface area contributed by atoms with Crippen LogP contribution >= 0.6 is 0 Å². The van der Waals surface area contributed by atoms with Crippen molar-refractivity contribution in [3.8, 4) is 0 Å². The van der Waals surface area contributed by atoms with Crippen molar-refractivity contribution >= 4 is 0 Å². The van der Waals surface area contributed by atoms with Crippen LogP contribution in [0, 0.1) is 0 Å². The summed E-state index contributed by atoms with van der Waals surface area (Å²) in [5.41, 5.74) is 1.45. The summed E-state index contributed by atoms with van der Waals surface area (Å²) in [6, 6.07) is 2.44. The van der Waals surface area contributed by atoms with Crippen molar-refractivity contribution in [1.82, 2.24) is 10.2 Å². The summed E-state index contributed by atoms with van der Waals surface area (Å²) in [6.07, 6.45) is 9.21. The molecule has 98 valence electrons. The summed E-state index contributed by atoms with van der Waals surface area (Å²) in [4.78, 5) is 2.71. The number of rotatable bonds is 5. The van der Waals surface area contributed by atoms with Gasteiger partial charge < -0.3 is 5.32 Å². The van der Waals surface area contributed by atoms with Crippen LogP contribution in [0.4, 0.5) is 0 Å². The lowest BCUT2D eigenvalue weighted by atomic mass is 9.98. The van der Waals surface area contributed by atoms with Crippen molar-refractivity contribution in [2.45, 2.75) is 71.0 Å². The average Bonchev–Trinajstić information content (AvgIpc) is 2.63. The van der Waals surface area contributed by atoms with E-state index in [1.807, 2.05) is 0 Å². The Kier molecular flexibility index (Phi) is 4.63. The highest BCUT2D eigenvalue weighted by Gasteiger charge is 2.35. The van der Waals surface area contributed by atoms with Crippen LogP contribution in [0.5, 0.6) is 0 Å². The van der Waals surface area contributed by atoms with Gasteiger partial charge in [-0.1, -0.05) is 18.6 Å². The highest BCUT2D eigenvalue weighted by molar-refractivity contribution is 4.99. The van der Waals surface area contributed by atoms with Gasteiger partial charge in [0.2, 0.25) is 0 Å². The molecule has 2 saturated heterocycles. The SMILES string of the molecule is CCCN(CC=C(C)C)C1CC2CCC(C1)N2. The van der Waals surface area contributed by atoms with Crippen LogP contribution in [0.25, 0.3) is 0 Å². The van der Waals surface area contributed by atoms with Crippen molar-refractivity contribution in [3.63, 3.8) is 0 Å². The number of piperidine rings is 1. The Morgan fingerprint density at radius 1 is 1.24 bits per heavy atom. The minimum atomic E-state index is 0.810. The van der Waals surface area contributed by atoms with E-state index >= 15 is 0 Å². The molecule has 0 aliphatic carbocycles. The zero-order valence-corrected chi connectivity index (χ0v) is 11.7. The van der Waals surface area contributed by atoms with E-state index in [0.29, 0.717) is 0 Å². The van der Waals surface area contributed by atoms with Gasteiger partial charge in [0.15, 0.2) is 0 Å². The molecule has 0 amide bonds. The van der Waals surface area contributed by atoms with E-state index in [-0.39, 0.29) is 0 Å². The molecule has 1 N–H and O–H groups in total. The van der Waals surface area contributed by atoms with E-state index in [4.69, 9.17) is 0 Å². The average molecular weight is 236 g/mol. The lowest BCUT2D eigenvalue weighted by molar-refractivity contribution is 0.155. The van der Waals surface area contributed by atoms with Gasteiger partial charge in [0.1, 0.15) is 0 Å². The largest absolute Gasteiger partial charge is 0.311 e. The van der Waals surface area contributed by atoms with Crippen molar-refractivity contribution < 1.29 is 0 Å². The zero-order valence-electron chi connectivity index (χ0n) is 11.7. The first-order valence-electron chi connectivity index (χ1n) is 7.32. The molecule has 2 aliphatic rings. The van der Waals surface area contributed by atoms with Crippen molar-refractivity contribution in [2.75, 3.05) is 13.1 Å². The third-order valence-electron chi connectivity index (χ3n) is 4.21. The fraction of sp³-hybridized carbons (Fsp3) is 0.867. The van der Waals surface area contributed by atoms with Crippen LogP contribution in [-0.4, -0.2) is 36.1 Å². The second-order valence-electron chi connectivity index (χ2n) is 6.04. The molecule has 2 heteroatoms. The molecule has 2 atom stereocenters. The first-order chi connectivity index (χ1) is 8.19. The topological polar surface area (TPSA) is 15.3 Å². The Morgan fingerprint density at radius 2 is 1.88 bits per heavy atom. The molecule has 2 rings (SSSR count). The number of hydrogen-bond donors (Lipinski definition) is 1. The van der Waals surface area contributed by atoms with Gasteiger partial charge in [-0.25, -0.2) is 0 Å². The third kappa shape index (κ3) is 3.56. The maximum absolute atomic E-state index is 3.74. The third-order valence-corrected chi connectivity index (χ3v) is 4.21. The Bertz CT molecular complexity index is 256. The fourth-order valence-electron chi connectivity index (χ4n) is 3.34. The molecule has 0 spiro atoms. The zero-order chi connectivity index (χ0) is 12.3. The summed E-state index contributed by atoms with van der Waals surface area (Å²) in [5.74, 6) is 0. The van der Waals surface area contributed by atoms with Gasteiger partial charge in [-0.05, 0) is 52.5 Å². The molecular formula is C15H28N2. The summed E-state index contributed by atoms with van der Waals surface area (Å²) < 4.78 is 0. The van der Waals surface area contributed by atoms with Gasteiger partial charge in [0.25, 0.3) is 0 Å². The minimum Gasteiger partial charge on any atom is -0.311 e. The van der Waals surface area contributed by atoms with E-state index in [2.05, 4.69) is 37.1 Å². The highest BCUT2D eigenvalue weighted by atomic mass is 15.2. The molecule has 0 saturated carbocycles. The van der Waals surface area contributed by atoms with Gasteiger partial charge in [-0.3, -0.25) is 4.90 Å². The Labute approximate surface area is 106 Å². The molecule has 17 heavy (non-hydrogen) atoms. The van der Waals surface area contributed by atoms with Gasteiger partial charge in [0.05, 0.1) is 0 Å². The van der Waals surface area contributed by atoms with Crippen molar-refractivity contribution in [1.29, 1.82) is 0 Å². The van der Waals surface area contributed by atoms with Gasteiger partial charge in [0, 0.05) is 24.7 Å². The van der Waals surface area contributed by atoms with Crippen LogP contribution in [0.1, 0.15) is 52.9 Å². The number of allylic oxidation sites excluding steroid dienone is 1. The van der Waals surface area contributed by atoms with Crippen LogP contribution in [0.15, 0.2) is 11.6 Å². The number of nitrogens with one attached hydrogen (secondary N) is 1. The molecule has 0 aromatic carbocycles. The van der Waals surface area contributed by atoms with Crippen molar-refractivity contribution in [2.24, 2.45) is 0 Å². The number of hydrogen-bond acceptors (Lipinski definition) is 2. The quantitative estimate of drug-likeness (QED) is 0.738. The first kappa shape index (κ1) is 13.1. The van der Waals surface area contributed by atoms with Gasteiger partial charge in [-0.2, -0.15) is 0 Å². The molecule has 0 aromatic rings. The Balaban J connectivity index is 1.93. The second kappa shape index (κ2) is 6.01. The lowest BCUT2D eigenvalue weighted by Gasteiger charge is -2.37. The van der Waals surface area contributed by atoms with E-state index in [0.717, 1.165) is 24.7 Å². The summed E-state index contributed by atoms with van der Waals surface area (Å²) in [7, 11) is 0. The molecule has 0 radical (unpaired) electrons. The minimum absolute atomic E-state index is 0.810. The van der Waals surface area contributed by atoms with Crippen LogP contribution in [-0.2, 0) is 0 Å². The second-order valence-corrected chi connectivity index (χ2v) is 6.04. The van der Waals surface area contributed by atoms with E-state index in [1.165, 1.54) is 44.2 Å². The van der Waals surface area contributed by atoms with Gasteiger partial charge in [-0.15, -0.1) is 0 Å².